The van der Waals surface area contributed by atoms with Crippen LogP contribution in [0.1, 0.15) is 10.6 Å². The number of nitrogens with zero attached hydrogens (tertiary/aromatic N) is 4. The molecule has 0 radical (unpaired) electrons. The van der Waals surface area contributed by atoms with Crippen LogP contribution in [-0.4, -0.2) is 64.7 Å². The number of carbonyl (C=O) groups excluding carboxylic acids is 2. The van der Waals surface area contributed by atoms with Gasteiger partial charge in [-0.2, -0.15) is 0 Å². The number of hydrogen-bond acceptors (Lipinski definition) is 6. The molecule has 3 rings (SSSR count). The summed E-state index contributed by atoms with van der Waals surface area (Å²) in [6, 6.07) is 10.1. The average molecular weight is 374 g/mol. The second-order valence-corrected chi connectivity index (χ2v) is 7.26. The van der Waals surface area contributed by atoms with E-state index in [4.69, 9.17) is 0 Å². The SMILES string of the molecule is Cc1nnc(NC(=O)CNC(=O)N2CCN(Cc3ccccc3)CC2)s1. The Kier molecular flexibility index (Phi) is 6.13. The van der Waals surface area contributed by atoms with Crippen molar-refractivity contribution < 1.29 is 9.59 Å². The number of nitrogens with one attached hydrogen (secondary N) is 2. The molecular formula is C17H22N6O2S. The number of aryl methyl sites for hydroxylation is 1. The zero-order valence-corrected chi connectivity index (χ0v) is 15.5. The number of aromatic nitrogens is 2. The molecule has 0 saturated carbocycles. The lowest BCUT2D eigenvalue weighted by molar-refractivity contribution is -0.115. The normalized spacial score (nSPS) is 14.9. The van der Waals surface area contributed by atoms with Crippen LogP contribution in [-0.2, 0) is 11.3 Å². The summed E-state index contributed by atoms with van der Waals surface area (Å²) in [5.74, 6) is -0.308. The van der Waals surface area contributed by atoms with Gasteiger partial charge in [-0.25, -0.2) is 4.79 Å². The van der Waals surface area contributed by atoms with Crippen LogP contribution < -0.4 is 10.6 Å². The van der Waals surface area contributed by atoms with Gasteiger partial charge in [0.05, 0.1) is 6.54 Å². The lowest BCUT2D eigenvalue weighted by Crippen LogP contribution is -2.52. The maximum Gasteiger partial charge on any atom is 0.317 e. The van der Waals surface area contributed by atoms with Gasteiger partial charge in [0.1, 0.15) is 5.01 Å². The number of rotatable bonds is 5. The molecule has 0 aliphatic carbocycles. The molecule has 0 atom stereocenters. The Labute approximate surface area is 156 Å². The summed E-state index contributed by atoms with van der Waals surface area (Å²) in [6.07, 6.45) is 0. The van der Waals surface area contributed by atoms with Gasteiger partial charge in [-0.1, -0.05) is 41.7 Å². The molecular weight excluding hydrogens is 352 g/mol. The van der Waals surface area contributed by atoms with Crippen LogP contribution in [0.4, 0.5) is 9.93 Å². The first-order valence-corrected chi connectivity index (χ1v) is 9.31. The fourth-order valence-corrected chi connectivity index (χ4v) is 3.34. The first kappa shape index (κ1) is 18.3. The fraction of sp³-hybridized carbons (Fsp3) is 0.412. The number of benzene rings is 1. The van der Waals surface area contributed by atoms with Gasteiger partial charge in [-0.15, -0.1) is 10.2 Å². The molecule has 2 N–H and O–H groups in total. The zero-order valence-electron chi connectivity index (χ0n) is 14.6. The highest BCUT2D eigenvalue weighted by atomic mass is 32.1. The van der Waals surface area contributed by atoms with Crippen molar-refractivity contribution in [2.24, 2.45) is 0 Å². The van der Waals surface area contributed by atoms with Crippen LogP contribution >= 0.6 is 11.3 Å². The highest BCUT2D eigenvalue weighted by Crippen LogP contribution is 2.13. The predicted octanol–water partition coefficient (Wildman–Crippen LogP) is 1.31. The second-order valence-electron chi connectivity index (χ2n) is 6.08. The van der Waals surface area contributed by atoms with Crippen molar-refractivity contribution in [3.63, 3.8) is 0 Å². The van der Waals surface area contributed by atoms with E-state index in [1.54, 1.807) is 4.90 Å². The summed E-state index contributed by atoms with van der Waals surface area (Å²) in [6.45, 7) is 5.55. The predicted molar refractivity (Wildman–Crippen MR) is 100.0 cm³/mol. The summed E-state index contributed by atoms with van der Waals surface area (Å²) in [7, 11) is 0. The molecule has 0 unspecified atom stereocenters. The van der Waals surface area contributed by atoms with E-state index in [-0.39, 0.29) is 18.5 Å². The van der Waals surface area contributed by atoms with Crippen molar-refractivity contribution >= 4 is 28.4 Å². The Morgan fingerprint density at radius 2 is 1.85 bits per heavy atom. The molecule has 138 valence electrons. The first-order valence-electron chi connectivity index (χ1n) is 8.49. The Hall–Kier alpha value is -2.52. The molecule has 2 heterocycles. The van der Waals surface area contributed by atoms with Crippen molar-refractivity contribution in [3.8, 4) is 0 Å². The van der Waals surface area contributed by atoms with Crippen molar-refractivity contribution in [2.45, 2.75) is 13.5 Å². The average Bonchev–Trinajstić information content (AvgIpc) is 3.06. The van der Waals surface area contributed by atoms with Gasteiger partial charge < -0.3 is 10.2 Å². The van der Waals surface area contributed by atoms with Crippen molar-refractivity contribution in [3.05, 3.63) is 40.9 Å². The van der Waals surface area contributed by atoms with Gasteiger partial charge in [0, 0.05) is 32.7 Å². The Morgan fingerprint density at radius 3 is 2.50 bits per heavy atom. The summed E-state index contributed by atoms with van der Waals surface area (Å²) >= 11 is 1.30. The van der Waals surface area contributed by atoms with Crippen LogP contribution in [0.3, 0.4) is 0 Å². The maximum atomic E-state index is 12.2. The lowest BCUT2D eigenvalue weighted by Gasteiger charge is -2.34. The molecule has 8 nitrogen and oxygen atoms in total. The summed E-state index contributed by atoms with van der Waals surface area (Å²) in [5.41, 5.74) is 1.27. The van der Waals surface area contributed by atoms with Crippen LogP contribution in [0, 0.1) is 6.92 Å². The van der Waals surface area contributed by atoms with E-state index in [0.717, 1.165) is 24.6 Å². The summed E-state index contributed by atoms with van der Waals surface area (Å²) in [5, 5.41) is 14.1. The standard InChI is InChI=1S/C17H22N6O2S/c1-13-20-21-16(26-13)19-15(24)11-18-17(25)23-9-7-22(8-10-23)12-14-5-3-2-4-6-14/h2-6H,7-12H2,1H3,(H,18,25)(H,19,21,24). The molecule has 2 aromatic rings. The Bertz CT molecular complexity index is 743. The highest BCUT2D eigenvalue weighted by molar-refractivity contribution is 7.15. The number of hydrogen-bond donors (Lipinski definition) is 2. The number of urea groups is 1. The molecule has 1 saturated heterocycles. The lowest BCUT2D eigenvalue weighted by atomic mass is 10.2. The maximum absolute atomic E-state index is 12.2. The smallest absolute Gasteiger partial charge is 0.317 e. The number of carbonyl (C=O) groups is 2. The van der Waals surface area contributed by atoms with Crippen LogP contribution in [0.15, 0.2) is 30.3 Å². The topological polar surface area (TPSA) is 90.5 Å². The van der Waals surface area contributed by atoms with Crippen LogP contribution in [0.25, 0.3) is 0 Å². The number of piperazine rings is 1. The van der Waals surface area contributed by atoms with E-state index < -0.39 is 0 Å². The van der Waals surface area contributed by atoms with Gasteiger partial charge in [0.2, 0.25) is 11.0 Å². The quantitative estimate of drug-likeness (QED) is 0.824. The third-order valence-corrected chi connectivity index (χ3v) is 4.84. The van der Waals surface area contributed by atoms with Gasteiger partial charge in [-0.3, -0.25) is 15.0 Å². The second kappa shape index (κ2) is 8.72. The number of anilines is 1. The largest absolute Gasteiger partial charge is 0.329 e. The van der Waals surface area contributed by atoms with E-state index >= 15 is 0 Å². The fourth-order valence-electron chi connectivity index (χ4n) is 2.73. The van der Waals surface area contributed by atoms with Crippen LogP contribution in [0.2, 0.25) is 0 Å². The van der Waals surface area contributed by atoms with Crippen molar-refractivity contribution in [1.29, 1.82) is 0 Å². The monoisotopic (exact) mass is 374 g/mol. The molecule has 26 heavy (non-hydrogen) atoms. The highest BCUT2D eigenvalue weighted by Gasteiger charge is 2.21. The van der Waals surface area contributed by atoms with E-state index in [2.05, 4.69) is 37.9 Å². The summed E-state index contributed by atoms with van der Waals surface area (Å²) < 4.78 is 0. The van der Waals surface area contributed by atoms with E-state index in [1.807, 2.05) is 25.1 Å². The van der Waals surface area contributed by atoms with E-state index in [0.29, 0.717) is 18.2 Å². The minimum Gasteiger partial charge on any atom is -0.329 e. The van der Waals surface area contributed by atoms with E-state index in [9.17, 15) is 9.59 Å². The molecule has 1 aromatic carbocycles. The molecule has 1 aliphatic heterocycles. The Balaban J connectivity index is 1.37. The molecule has 9 heteroatoms. The molecule has 1 fully saturated rings. The van der Waals surface area contributed by atoms with Gasteiger partial charge in [-0.05, 0) is 12.5 Å². The van der Waals surface area contributed by atoms with Crippen molar-refractivity contribution in [2.75, 3.05) is 38.0 Å². The molecule has 3 amide bonds. The van der Waals surface area contributed by atoms with Crippen molar-refractivity contribution in [1.82, 2.24) is 25.3 Å². The molecule has 0 bridgehead atoms. The molecule has 1 aliphatic rings. The summed E-state index contributed by atoms with van der Waals surface area (Å²) in [4.78, 5) is 28.1. The van der Waals surface area contributed by atoms with Gasteiger partial charge in [0.15, 0.2) is 0 Å². The third-order valence-electron chi connectivity index (χ3n) is 4.08. The Morgan fingerprint density at radius 1 is 1.12 bits per heavy atom. The van der Waals surface area contributed by atoms with Gasteiger partial charge in [0.25, 0.3) is 0 Å². The van der Waals surface area contributed by atoms with Crippen LogP contribution in [0.5, 0.6) is 0 Å². The molecule has 0 spiro atoms. The third kappa shape index (κ3) is 5.24. The van der Waals surface area contributed by atoms with Gasteiger partial charge >= 0.3 is 6.03 Å². The minimum absolute atomic E-state index is 0.0817. The minimum atomic E-state index is -0.308. The molecule has 1 aromatic heterocycles. The first-order chi connectivity index (χ1) is 12.6. The van der Waals surface area contributed by atoms with E-state index in [1.165, 1.54) is 16.9 Å². The zero-order chi connectivity index (χ0) is 18.4. The number of amides is 3.